The van der Waals surface area contributed by atoms with Crippen molar-refractivity contribution in [3.8, 4) is 16.9 Å². The van der Waals surface area contributed by atoms with Crippen molar-refractivity contribution in [3.05, 3.63) is 80.8 Å². The minimum Gasteiger partial charge on any atom is -0.428 e. The number of para-hydroxylation sites is 1. The molecule has 0 unspecified atom stereocenters. The molecule has 6 heteroatoms. The second kappa shape index (κ2) is 5.59. The van der Waals surface area contributed by atoms with E-state index in [9.17, 15) is 9.59 Å². The zero-order valence-corrected chi connectivity index (χ0v) is 13.6. The molecule has 4 aromatic rings. The number of rotatable bonds is 2. The Hall–Kier alpha value is -3.41. The fourth-order valence-electron chi connectivity index (χ4n) is 2.80. The fraction of sp³-hybridized carbons (Fsp3) is 0.105. The Labute approximate surface area is 141 Å². The fourth-order valence-corrected chi connectivity index (χ4v) is 2.80. The zero-order chi connectivity index (χ0) is 17.6. The highest BCUT2D eigenvalue weighted by Crippen LogP contribution is 2.23. The molecule has 0 atom stereocenters. The quantitative estimate of drug-likeness (QED) is 0.562. The van der Waals surface area contributed by atoms with Gasteiger partial charge in [0.2, 0.25) is 0 Å². The Morgan fingerprint density at radius 2 is 1.68 bits per heavy atom. The molecule has 0 aliphatic carbocycles. The SMILES string of the molecule is Cc1cc(-c2cc3c(=O)oc(C)cc3oc2=O)n(-c2ccccc2)n1. The van der Waals surface area contributed by atoms with E-state index in [0.29, 0.717) is 11.5 Å². The van der Waals surface area contributed by atoms with E-state index in [1.54, 1.807) is 17.7 Å². The predicted molar refractivity (Wildman–Crippen MR) is 93.1 cm³/mol. The molecule has 0 spiro atoms. The third-order valence-corrected chi connectivity index (χ3v) is 3.89. The lowest BCUT2D eigenvalue weighted by atomic mass is 10.1. The molecule has 1 aromatic carbocycles. The van der Waals surface area contributed by atoms with Gasteiger partial charge in [-0.2, -0.15) is 5.10 Å². The van der Waals surface area contributed by atoms with Crippen LogP contribution in [0.4, 0.5) is 0 Å². The largest absolute Gasteiger partial charge is 0.428 e. The van der Waals surface area contributed by atoms with Crippen LogP contribution >= 0.6 is 0 Å². The monoisotopic (exact) mass is 334 g/mol. The summed E-state index contributed by atoms with van der Waals surface area (Å²) in [4.78, 5) is 24.6. The normalized spacial score (nSPS) is 11.1. The van der Waals surface area contributed by atoms with Crippen molar-refractivity contribution in [3.63, 3.8) is 0 Å². The minimum absolute atomic E-state index is 0.213. The van der Waals surface area contributed by atoms with Gasteiger partial charge in [0.15, 0.2) is 0 Å². The first kappa shape index (κ1) is 15.1. The molecule has 6 nitrogen and oxygen atoms in total. The summed E-state index contributed by atoms with van der Waals surface area (Å²) >= 11 is 0. The van der Waals surface area contributed by atoms with Gasteiger partial charge in [-0.1, -0.05) is 18.2 Å². The maximum Gasteiger partial charge on any atom is 0.347 e. The maximum atomic E-state index is 12.5. The van der Waals surface area contributed by atoms with E-state index in [-0.39, 0.29) is 16.5 Å². The summed E-state index contributed by atoms with van der Waals surface area (Å²) in [6, 6.07) is 14.3. The molecule has 0 radical (unpaired) electrons. The van der Waals surface area contributed by atoms with Crippen LogP contribution in [0.15, 0.2) is 67.0 Å². The van der Waals surface area contributed by atoms with E-state index in [1.807, 2.05) is 37.3 Å². The van der Waals surface area contributed by atoms with E-state index in [1.165, 1.54) is 12.1 Å². The summed E-state index contributed by atoms with van der Waals surface area (Å²) in [5, 5.41) is 4.67. The Bertz CT molecular complexity index is 1200. The molecule has 25 heavy (non-hydrogen) atoms. The standard InChI is InChI=1S/C19H14N2O4/c1-11-8-16(21(20-11)13-6-4-3-5-7-13)14-10-15-17(25-18(14)22)9-12(2)24-19(15)23/h3-10H,1-2H3. The summed E-state index contributed by atoms with van der Waals surface area (Å²) in [5.41, 5.74) is 1.50. The second-order valence-electron chi connectivity index (χ2n) is 5.79. The van der Waals surface area contributed by atoms with E-state index < -0.39 is 11.3 Å². The molecule has 0 aliphatic heterocycles. The smallest absolute Gasteiger partial charge is 0.347 e. The lowest BCUT2D eigenvalue weighted by Crippen LogP contribution is -2.10. The van der Waals surface area contributed by atoms with Gasteiger partial charge >= 0.3 is 11.3 Å². The van der Waals surface area contributed by atoms with Crippen LogP contribution in [0.5, 0.6) is 0 Å². The van der Waals surface area contributed by atoms with E-state index in [4.69, 9.17) is 8.83 Å². The average Bonchev–Trinajstić information content (AvgIpc) is 2.96. The summed E-state index contributed by atoms with van der Waals surface area (Å²) < 4.78 is 12.1. The summed E-state index contributed by atoms with van der Waals surface area (Å²) in [6.45, 7) is 3.46. The number of aryl methyl sites for hydroxylation is 2. The first-order chi connectivity index (χ1) is 12.0. The van der Waals surface area contributed by atoms with Crippen molar-refractivity contribution >= 4 is 11.0 Å². The van der Waals surface area contributed by atoms with Gasteiger partial charge in [-0.3, -0.25) is 0 Å². The lowest BCUT2D eigenvalue weighted by molar-refractivity contribution is 0.479. The molecule has 124 valence electrons. The van der Waals surface area contributed by atoms with Gasteiger partial charge in [0.1, 0.15) is 16.7 Å². The number of hydrogen-bond acceptors (Lipinski definition) is 5. The topological polar surface area (TPSA) is 78.2 Å². The molecule has 3 aromatic heterocycles. The summed E-state index contributed by atoms with van der Waals surface area (Å²) in [5.74, 6) is 0.388. The molecule has 0 amide bonds. The van der Waals surface area contributed by atoms with E-state index >= 15 is 0 Å². The predicted octanol–water partition coefficient (Wildman–Crippen LogP) is 3.22. The molecule has 0 bridgehead atoms. The molecule has 0 saturated heterocycles. The molecule has 4 rings (SSSR count). The van der Waals surface area contributed by atoms with E-state index in [2.05, 4.69) is 5.10 Å². The van der Waals surface area contributed by atoms with Crippen LogP contribution < -0.4 is 11.3 Å². The molecular weight excluding hydrogens is 320 g/mol. The highest BCUT2D eigenvalue weighted by Gasteiger charge is 2.17. The maximum absolute atomic E-state index is 12.5. The zero-order valence-electron chi connectivity index (χ0n) is 13.6. The number of nitrogens with zero attached hydrogens (tertiary/aromatic N) is 2. The highest BCUT2D eigenvalue weighted by molar-refractivity contribution is 5.80. The van der Waals surface area contributed by atoms with Crippen molar-refractivity contribution in [2.45, 2.75) is 13.8 Å². The molecular formula is C19H14N2O4. The number of benzene rings is 1. The van der Waals surface area contributed by atoms with Crippen LogP contribution in [-0.4, -0.2) is 9.78 Å². The van der Waals surface area contributed by atoms with Crippen LogP contribution in [0.3, 0.4) is 0 Å². The highest BCUT2D eigenvalue weighted by atomic mass is 16.4. The van der Waals surface area contributed by atoms with Gasteiger partial charge in [0.25, 0.3) is 0 Å². The van der Waals surface area contributed by atoms with Crippen molar-refractivity contribution in [1.29, 1.82) is 0 Å². The van der Waals surface area contributed by atoms with Gasteiger partial charge in [-0.25, -0.2) is 14.3 Å². The van der Waals surface area contributed by atoms with Gasteiger partial charge in [0, 0.05) is 6.07 Å². The summed E-state index contributed by atoms with van der Waals surface area (Å²) in [6.07, 6.45) is 0. The van der Waals surface area contributed by atoms with Crippen molar-refractivity contribution in [1.82, 2.24) is 9.78 Å². The van der Waals surface area contributed by atoms with Crippen LogP contribution in [0, 0.1) is 13.8 Å². The Morgan fingerprint density at radius 3 is 2.44 bits per heavy atom. The molecule has 0 N–H and O–H groups in total. The Balaban J connectivity index is 2.02. The third-order valence-electron chi connectivity index (χ3n) is 3.89. The Morgan fingerprint density at radius 1 is 0.920 bits per heavy atom. The average molecular weight is 334 g/mol. The van der Waals surface area contributed by atoms with Gasteiger partial charge < -0.3 is 8.83 Å². The van der Waals surface area contributed by atoms with Crippen LogP contribution in [0.25, 0.3) is 27.9 Å². The lowest BCUT2D eigenvalue weighted by Gasteiger charge is -2.07. The summed E-state index contributed by atoms with van der Waals surface area (Å²) in [7, 11) is 0. The van der Waals surface area contributed by atoms with Crippen molar-refractivity contribution in [2.75, 3.05) is 0 Å². The Kier molecular flexibility index (Phi) is 3.39. The molecule has 0 saturated carbocycles. The number of fused-ring (bicyclic) bond motifs is 1. The van der Waals surface area contributed by atoms with Crippen LogP contribution in [0.1, 0.15) is 11.5 Å². The van der Waals surface area contributed by atoms with Gasteiger partial charge in [-0.15, -0.1) is 0 Å². The third kappa shape index (κ3) is 2.57. The second-order valence-corrected chi connectivity index (χ2v) is 5.79. The number of aromatic nitrogens is 2. The van der Waals surface area contributed by atoms with Gasteiger partial charge in [0.05, 0.1) is 22.6 Å². The van der Waals surface area contributed by atoms with Crippen LogP contribution in [-0.2, 0) is 0 Å². The van der Waals surface area contributed by atoms with Crippen molar-refractivity contribution in [2.24, 2.45) is 0 Å². The van der Waals surface area contributed by atoms with Crippen molar-refractivity contribution < 1.29 is 8.83 Å². The molecule has 3 heterocycles. The van der Waals surface area contributed by atoms with Gasteiger partial charge in [-0.05, 0) is 38.1 Å². The van der Waals surface area contributed by atoms with E-state index in [0.717, 1.165) is 11.4 Å². The molecule has 0 aliphatic rings. The minimum atomic E-state index is -0.539. The number of hydrogen-bond donors (Lipinski definition) is 0. The molecule has 0 fully saturated rings. The first-order valence-corrected chi connectivity index (χ1v) is 7.74. The van der Waals surface area contributed by atoms with Crippen LogP contribution in [0.2, 0.25) is 0 Å². The first-order valence-electron chi connectivity index (χ1n) is 7.74.